The summed E-state index contributed by atoms with van der Waals surface area (Å²) in [7, 11) is 0. The molecule has 0 aromatic rings. The lowest BCUT2D eigenvalue weighted by atomic mass is 10.1. The first-order valence-electron chi connectivity index (χ1n) is 3.61. The van der Waals surface area contributed by atoms with Gasteiger partial charge in [0, 0.05) is 10.9 Å². The Balaban J connectivity index is 3.41. The Labute approximate surface area is 67.4 Å². The second kappa shape index (κ2) is 5.77. The van der Waals surface area contributed by atoms with Gasteiger partial charge >= 0.3 is 0 Å². The van der Waals surface area contributed by atoms with Crippen LogP contribution in [-0.4, -0.2) is 22.6 Å². The molecule has 0 spiro atoms. The number of hydrogen-bond acceptors (Lipinski definition) is 3. The Morgan fingerprint density at radius 3 is 2.70 bits per heavy atom. The van der Waals surface area contributed by atoms with Gasteiger partial charge in [0.1, 0.15) is 0 Å². The van der Waals surface area contributed by atoms with E-state index in [-0.39, 0.29) is 12.6 Å². The van der Waals surface area contributed by atoms with Crippen molar-refractivity contribution in [2.24, 2.45) is 5.73 Å². The fourth-order valence-corrected chi connectivity index (χ4v) is 0.820. The number of unbranched alkanes of at least 4 members (excludes halogenated alkanes) is 1. The summed E-state index contributed by atoms with van der Waals surface area (Å²) in [6.07, 6.45) is 3.11. The largest absolute Gasteiger partial charge is 0.391 e. The first kappa shape index (κ1) is 10.0. The summed E-state index contributed by atoms with van der Waals surface area (Å²) in [5, 5.41) is 8.58. The quantitative estimate of drug-likeness (QED) is 0.588. The van der Waals surface area contributed by atoms with Crippen LogP contribution in [0, 0.1) is 0 Å². The van der Waals surface area contributed by atoms with Gasteiger partial charge in [-0.1, -0.05) is 32.0 Å². The average Bonchev–Trinajstić information content (AvgIpc) is 1.98. The van der Waals surface area contributed by atoms with E-state index in [9.17, 15) is 0 Å². The van der Waals surface area contributed by atoms with Crippen molar-refractivity contribution in [1.82, 2.24) is 0 Å². The minimum Gasteiger partial charge on any atom is -0.391 e. The highest BCUT2D eigenvalue weighted by molar-refractivity contribution is 7.80. The monoisotopic (exact) mass is 161 g/mol. The molecule has 0 aliphatic rings. The molecule has 0 radical (unpaired) electrons. The van der Waals surface area contributed by atoms with E-state index in [0.29, 0.717) is 4.86 Å². The second-order valence-electron chi connectivity index (χ2n) is 2.37. The van der Waals surface area contributed by atoms with E-state index in [2.05, 4.69) is 6.92 Å². The molecule has 1 atom stereocenters. The van der Waals surface area contributed by atoms with E-state index < -0.39 is 0 Å². The van der Waals surface area contributed by atoms with Gasteiger partial charge in [-0.25, -0.2) is 0 Å². The van der Waals surface area contributed by atoms with Crippen molar-refractivity contribution in [1.29, 1.82) is 0 Å². The molecule has 0 saturated carbocycles. The van der Waals surface area contributed by atoms with Gasteiger partial charge in [0.2, 0.25) is 0 Å². The molecule has 3 N–H and O–H groups in total. The topological polar surface area (TPSA) is 46.2 Å². The zero-order valence-corrected chi connectivity index (χ0v) is 7.16. The summed E-state index contributed by atoms with van der Waals surface area (Å²) >= 11 is 4.82. The summed E-state index contributed by atoms with van der Waals surface area (Å²) in [5.74, 6) is 0. The van der Waals surface area contributed by atoms with Crippen LogP contribution in [0.1, 0.15) is 26.2 Å². The summed E-state index contributed by atoms with van der Waals surface area (Å²) < 4.78 is 0. The Kier molecular flexibility index (Phi) is 5.78. The van der Waals surface area contributed by atoms with E-state index in [1.165, 1.54) is 0 Å². The molecule has 0 fully saturated rings. The van der Waals surface area contributed by atoms with Crippen LogP contribution in [0.25, 0.3) is 0 Å². The number of thiocarbonyl (C=S) groups is 1. The Morgan fingerprint density at radius 2 is 2.30 bits per heavy atom. The Bertz CT molecular complexity index is 106. The zero-order chi connectivity index (χ0) is 7.98. The molecule has 1 unspecified atom stereocenters. The van der Waals surface area contributed by atoms with Crippen molar-refractivity contribution in [3.63, 3.8) is 0 Å². The van der Waals surface area contributed by atoms with Gasteiger partial charge in [-0.05, 0) is 6.42 Å². The molecule has 60 valence electrons. The highest BCUT2D eigenvalue weighted by atomic mass is 32.1. The molecule has 0 amide bonds. The molecule has 0 heterocycles. The summed E-state index contributed by atoms with van der Waals surface area (Å²) in [6, 6.07) is -0.0834. The molecular weight excluding hydrogens is 146 g/mol. The van der Waals surface area contributed by atoms with E-state index in [1.54, 1.807) is 0 Å². The maximum atomic E-state index is 8.58. The predicted molar refractivity (Wildman–Crippen MR) is 47.2 cm³/mol. The normalized spacial score (nSPS) is 13.1. The third-order valence-electron chi connectivity index (χ3n) is 1.44. The van der Waals surface area contributed by atoms with Crippen LogP contribution < -0.4 is 5.73 Å². The second-order valence-corrected chi connectivity index (χ2v) is 2.90. The Morgan fingerprint density at radius 1 is 1.70 bits per heavy atom. The molecule has 10 heavy (non-hydrogen) atoms. The van der Waals surface area contributed by atoms with Crippen LogP contribution in [0.15, 0.2) is 0 Å². The van der Waals surface area contributed by atoms with E-state index in [4.69, 9.17) is 23.1 Å². The lowest BCUT2D eigenvalue weighted by molar-refractivity contribution is 0.355. The fourth-order valence-electron chi connectivity index (χ4n) is 0.702. The number of nitrogens with two attached hydrogens (primary N) is 1. The molecule has 0 saturated heterocycles. The van der Waals surface area contributed by atoms with Gasteiger partial charge in [-0.15, -0.1) is 0 Å². The summed E-state index contributed by atoms with van der Waals surface area (Å²) in [5.41, 5.74) is 5.61. The molecule has 0 aliphatic carbocycles. The molecular formula is C7H15NOS. The lowest BCUT2D eigenvalue weighted by Gasteiger charge is -2.09. The van der Waals surface area contributed by atoms with Crippen LogP contribution in [0.3, 0.4) is 0 Å². The van der Waals surface area contributed by atoms with E-state index >= 15 is 0 Å². The predicted octanol–water partition coefficient (Wildman–Crippen LogP) is 0.866. The van der Waals surface area contributed by atoms with Gasteiger partial charge in [0.05, 0.1) is 6.61 Å². The van der Waals surface area contributed by atoms with Crippen LogP contribution >= 0.6 is 12.2 Å². The van der Waals surface area contributed by atoms with Crippen LogP contribution in [0.4, 0.5) is 0 Å². The van der Waals surface area contributed by atoms with Crippen molar-refractivity contribution in [2.45, 2.75) is 32.2 Å². The molecule has 2 nitrogen and oxygen atoms in total. The molecule has 0 bridgehead atoms. The molecule has 3 heteroatoms. The molecule has 0 aromatic heterocycles. The van der Waals surface area contributed by atoms with Gasteiger partial charge in [-0.2, -0.15) is 0 Å². The third-order valence-corrected chi connectivity index (χ3v) is 1.87. The Hall–Kier alpha value is 0.01000. The number of aliphatic hydroxyl groups is 1. The standard InChI is InChI=1S/C7H15NOS/c1-2-3-4-6(8)7(10)5-9/h6,9H,2-5,8H2,1H3. The van der Waals surface area contributed by atoms with Crippen molar-refractivity contribution >= 4 is 17.1 Å². The minimum absolute atomic E-state index is 0.0553. The molecule has 0 rings (SSSR count). The minimum atomic E-state index is -0.0834. The van der Waals surface area contributed by atoms with Gasteiger partial charge < -0.3 is 10.8 Å². The van der Waals surface area contributed by atoms with Crippen molar-refractivity contribution < 1.29 is 5.11 Å². The summed E-state index contributed by atoms with van der Waals surface area (Å²) in [4.78, 5) is 0.577. The van der Waals surface area contributed by atoms with Crippen molar-refractivity contribution in [3.05, 3.63) is 0 Å². The highest BCUT2D eigenvalue weighted by Gasteiger charge is 2.05. The van der Waals surface area contributed by atoms with Gasteiger partial charge in [-0.3, -0.25) is 0 Å². The van der Waals surface area contributed by atoms with Crippen LogP contribution in [0.2, 0.25) is 0 Å². The molecule has 0 aromatic carbocycles. The SMILES string of the molecule is CCCCC(N)C(=S)CO. The smallest absolute Gasteiger partial charge is 0.0760 e. The highest BCUT2D eigenvalue weighted by Crippen LogP contribution is 1.99. The first-order valence-corrected chi connectivity index (χ1v) is 4.02. The van der Waals surface area contributed by atoms with E-state index in [0.717, 1.165) is 19.3 Å². The first-order chi connectivity index (χ1) is 4.72. The lowest BCUT2D eigenvalue weighted by Crippen LogP contribution is -2.31. The van der Waals surface area contributed by atoms with Gasteiger partial charge in [0.15, 0.2) is 0 Å². The number of rotatable bonds is 5. The third kappa shape index (κ3) is 3.93. The van der Waals surface area contributed by atoms with Gasteiger partial charge in [0.25, 0.3) is 0 Å². The average molecular weight is 161 g/mol. The van der Waals surface area contributed by atoms with Crippen LogP contribution in [0.5, 0.6) is 0 Å². The maximum Gasteiger partial charge on any atom is 0.0760 e. The number of hydrogen-bond donors (Lipinski definition) is 2. The van der Waals surface area contributed by atoms with Crippen LogP contribution in [-0.2, 0) is 0 Å². The van der Waals surface area contributed by atoms with Crippen molar-refractivity contribution in [2.75, 3.05) is 6.61 Å². The fraction of sp³-hybridized carbons (Fsp3) is 0.857. The molecule has 0 aliphatic heterocycles. The maximum absolute atomic E-state index is 8.58. The van der Waals surface area contributed by atoms with Crippen molar-refractivity contribution in [3.8, 4) is 0 Å². The number of aliphatic hydroxyl groups excluding tert-OH is 1. The zero-order valence-electron chi connectivity index (χ0n) is 6.34. The van der Waals surface area contributed by atoms with E-state index in [1.807, 2.05) is 0 Å². The summed E-state index contributed by atoms with van der Waals surface area (Å²) in [6.45, 7) is 2.05.